The molecular weight excluding hydrogens is 292 g/mol. The normalized spacial score (nSPS) is 10.8. The molecule has 0 atom stereocenters. The third kappa shape index (κ3) is 2.32. The second kappa shape index (κ2) is 5.10. The quantitative estimate of drug-likeness (QED) is 0.775. The Bertz CT molecular complexity index is 842. The molecule has 2 aromatic carbocycles. The van der Waals surface area contributed by atoms with E-state index < -0.39 is 5.97 Å². The van der Waals surface area contributed by atoms with Crippen molar-refractivity contribution in [3.8, 4) is 17.1 Å². The molecule has 0 saturated heterocycles. The zero-order valence-corrected chi connectivity index (χ0v) is 11.8. The number of ether oxygens (including phenoxy) is 1. The van der Waals surface area contributed by atoms with Crippen LogP contribution >= 0.6 is 11.6 Å². The standard InChI is InChI=1S/C15H11ClN2O3/c1-21-12-7-8(16)5-6-9(12)14-17-11-4-2-3-10(15(19)20)13(11)18-14/h2-7H,1H3,(H,17,18)(H,19,20). The third-order valence-electron chi connectivity index (χ3n) is 3.16. The molecule has 2 N–H and O–H groups in total. The van der Waals surface area contributed by atoms with Crippen LogP contribution < -0.4 is 4.74 Å². The summed E-state index contributed by atoms with van der Waals surface area (Å²) in [5.41, 5.74) is 1.94. The number of carboxylic acid groups (broad SMARTS) is 1. The zero-order valence-electron chi connectivity index (χ0n) is 11.1. The van der Waals surface area contributed by atoms with Crippen molar-refractivity contribution >= 4 is 28.6 Å². The van der Waals surface area contributed by atoms with Gasteiger partial charge in [0.1, 0.15) is 17.1 Å². The summed E-state index contributed by atoms with van der Waals surface area (Å²) in [4.78, 5) is 18.7. The van der Waals surface area contributed by atoms with Gasteiger partial charge < -0.3 is 14.8 Å². The second-order valence-electron chi connectivity index (χ2n) is 4.44. The number of carbonyl (C=O) groups is 1. The summed E-state index contributed by atoms with van der Waals surface area (Å²) >= 11 is 5.94. The van der Waals surface area contributed by atoms with Gasteiger partial charge in [-0.2, -0.15) is 0 Å². The third-order valence-corrected chi connectivity index (χ3v) is 3.40. The molecule has 0 fully saturated rings. The van der Waals surface area contributed by atoms with E-state index in [1.807, 2.05) is 0 Å². The smallest absolute Gasteiger partial charge is 0.337 e. The number of carboxylic acids is 1. The molecule has 0 amide bonds. The largest absolute Gasteiger partial charge is 0.496 e. The van der Waals surface area contributed by atoms with Crippen LogP contribution in [0.3, 0.4) is 0 Å². The molecule has 1 aromatic heterocycles. The average Bonchev–Trinajstić information content (AvgIpc) is 2.90. The first-order valence-corrected chi connectivity index (χ1v) is 6.54. The van der Waals surface area contributed by atoms with Gasteiger partial charge in [-0.1, -0.05) is 17.7 Å². The lowest BCUT2D eigenvalue weighted by atomic mass is 10.2. The number of imidazole rings is 1. The lowest BCUT2D eigenvalue weighted by Gasteiger charge is -2.06. The number of aromatic nitrogens is 2. The molecule has 1 heterocycles. The highest BCUT2D eigenvalue weighted by Gasteiger charge is 2.15. The highest BCUT2D eigenvalue weighted by atomic mass is 35.5. The van der Waals surface area contributed by atoms with Crippen LogP contribution in [-0.2, 0) is 0 Å². The fraction of sp³-hybridized carbons (Fsp3) is 0.0667. The van der Waals surface area contributed by atoms with Gasteiger partial charge in [0.2, 0.25) is 0 Å². The summed E-state index contributed by atoms with van der Waals surface area (Å²) < 4.78 is 5.29. The van der Waals surface area contributed by atoms with E-state index in [1.54, 1.807) is 37.4 Å². The van der Waals surface area contributed by atoms with Crippen LogP contribution in [-0.4, -0.2) is 28.2 Å². The summed E-state index contributed by atoms with van der Waals surface area (Å²) in [5.74, 6) is 0.0902. The first-order chi connectivity index (χ1) is 10.1. The Kier molecular flexibility index (Phi) is 3.27. The number of H-pyrrole nitrogens is 1. The number of aromatic carboxylic acids is 1. The molecule has 0 radical (unpaired) electrons. The molecule has 0 unspecified atom stereocenters. The molecule has 0 aliphatic rings. The Balaban J connectivity index is 2.22. The first kappa shape index (κ1) is 13.5. The maximum atomic E-state index is 11.2. The minimum Gasteiger partial charge on any atom is -0.496 e. The number of halogens is 1. The molecule has 3 aromatic rings. The van der Waals surface area contributed by atoms with Gasteiger partial charge in [-0.15, -0.1) is 0 Å². The van der Waals surface area contributed by atoms with Crippen LogP contribution in [0, 0.1) is 0 Å². The Hall–Kier alpha value is -2.53. The highest BCUT2D eigenvalue weighted by Crippen LogP contribution is 2.32. The Morgan fingerprint density at radius 1 is 1.33 bits per heavy atom. The van der Waals surface area contributed by atoms with Gasteiger partial charge >= 0.3 is 5.97 Å². The summed E-state index contributed by atoms with van der Waals surface area (Å²) in [6.45, 7) is 0. The number of nitrogens with one attached hydrogen (secondary N) is 1. The van der Waals surface area contributed by atoms with Crippen molar-refractivity contribution in [2.45, 2.75) is 0 Å². The predicted octanol–water partition coefficient (Wildman–Crippen LogP) is 3.59. The van der Waals surface area contributed by atoms with Crippen LogP contribution in [0.2, 0.25) is 5.02 Å². The van der Waals surface area contributed by atoms with Gasteiger partial charge in [-0.05, 0) is 30.3 Å². The SMILES string of the molecule is COc1cc(Cl)ccc1-c1nc2c(C(=O)O)cccc2[nH]1. The zero-order chi connectivity index (χ0) is 15.0. The number of benzene rings is 2. The fourth-order valence-electron chi connectivity index (χ4n) is 2.19. The molecule has 5 nitrogen and oxygen atoms in total. The minimum atomic E-state index is -1.01. The molecule has 0 saturated carbocycles. The van der Waals surface area contributed by atoms with E-state index in [1.165, 1.54) is 6.07 Å². The minimum absolute atomic E-state index is 0.155. The summed E-state index contributed by atoms with van der Waals surface area (Å²) in [6, 6.07) is 10.2. The molecule has 3 rings (SSSR count). The van der Waals surface area contributed by atoms with Crippen LogP contribution in [0.4, 0.5) is 0 Å². The topological polar surface area (TPSA) is 75.2 Å². The molecule has 0 aliphatic carbocycles. The Labute approximate surface area is 125 Å². The number of methoxy groups -OCH3 is 1. The van der Waals surface area contributed by atoms with Crippen molar-refractivity contribution in [2.24, 2.45) is 0 Å². The number of rotatable bonds is 3. The van der Waals surface area contributed by atoms with Gasteiger partial charge in [0.05, 0.1) is 23.8 Å². The Morgan fingerprint density at radius 2 is 2.14 bits per heavy atom. The van der Waals surface area contributed by atoms with Gasteiger partial charge in [-0.3, -0.25) is 0 Å². The molecule has 0 aliphatic heterocycles. The van der Waals surface area contributed by atoms with Crippen molar-refractivity contribution < 1.29 is 14.6 Å². The molecule has 21 heavy (non-hydrogen) atoms. The highest BCUT2D eigenvalue weighted by molar-refractivity contribution is 6.30. The molecular formula is C15H11ClN2O3. The number of fused-ring (bicyclic) bond motifs is 1. The van der Waals surface area contributed by atoms with E-state index in [2.05, 4.69) is 9.97 Å². The van der Waals surface area contributed by atoms with Crippen molar-refractivity contribution in [3.63, 3.8) is 0 Å². The number of aromatic amines is 1. The second-order valence-corrected chi connectivity index (χ2v) is 4.87. The van der Waals surface area contributed by atoms with Crippen molar-refractivity contribution in [2.75, 3.05) is 7.11 Å². The van der Waals surface area contributed by atoms with E-state index >= 15 is 0 Å². The van der Waals surface area contributed by atoms with Gasteiger partial charge in [0.25, 0.3) is 0 Å². The average molecular weight is 303 g/mol. The van der Waals surface area contributed by atoms with Gasteiger partial charge in [0.15, 0.2) is 0 Å². The lowest BCUT2D eigenvalue weighted by Crippen LogP contribution is -1.96. The van der Waals surface area contributed by atoms with Gasteiger partial charge in [-0.25, -0.2) is 9.78 Å². The van der Waals surface area contributed by atoms with E-state index in [0.29, 0.717) is 27.6 Å². The van der Waals surface area contributed by atoms with E-state index in [0.717, 1.165) is 5.56 Å². The van der Waals surface area contributed by atoms with Crippen LogP contribution in [0.25, 0.3) is 22.4 Å². The van der Waals surface area contributed by atoms with Crippen molar-refractivity contribution in [1.29, 1.82) is 0 Å². The van der Waals surface area contributed by atoms with E-state index in [9.17, 15) is 9.90 Å². The van der Waals surface area contributed by atoms with Crippen molar-refractivity contribution in [1.82, 2.24) is 9.97 Å². The van der Waals surface area contributed by atoms with E-state index in [-0.39, 0.29) is 5.56 Å². The number of hydrogen-bond donors (Lipinski definition) is 2. The van der Waals surface area contributed by atoms with E-state index in [4.69, 9.17) is 16.3 Å². The van der Waals surface area contributed by atoms with Crippen molar-refractivity contribution in [3.05, 3.63) is 47.0 Å². The Morgan fingerprint density at radius 3 is 2.86 bits per heavy atom. The molecule has 106 valence electrons. The summed E-state index contributed by atoms with van der Waals surface area (Å²) in [6.07, 6.45) is 0. The molecule has 0 bridgehead atoms. The summed E-state index contributed by atoms with van der Waals surface area (Å²) in [5, 5.41) is 9.76. The number of nitrogens with zero attached hydrogens (tertiary/aromatic N) is 1. The lowest BCUT2D eigenvalue weighted by molar-refractivity contribution is 0.0699. The molecule has 0 spiro atoms. The fourth-order valence-corrected chi connectivity index (χ4v) is 2.36. The number of para-hydroxylation sites is 1. The maximum absolute atomic E-state index is 11.2. The van der Waals surface area contributed by atoms with Gasteiger partial charge in [0, 0.05) is 5.02 Å². The number of hydrogen-bond acceptors (Lipinski definition) is 3. The predicted molar refractivity (Wildman–Crippen MR) is 80.1 cm³/mol. The monoisotopic (exact) mass is 302 g/mol. The molecule has 6 heteroatoms. The summed E-state index contributed by atoms with van der Waals surface area (Å²) in [7, 11) is 1.54. The van der Waals surface area contributed by atoms with Crippen LogP contribution in [0.5, 0.6) is 5.75 Å². The van der Waals surface area contributed by atoms with Crippen LogP contribution in [0.15, 0.2) is 36.4 Å². The first-order valence-electron chi connectivity index (χ1n) is 6.16. The maximum Gasteiger partial charge on any atom is 0.337 e. The van der Waals surface area contributed by atoms with Crippen LogP contribution in [0.1, 0.15) is 10.4 Å².